The van der Waals surface area contributed by atoms with Gasteiger partial charge >= 0.3 is 0 Å². The number of nitrogens with two attached hydrogens (primary N) is 1. The van der Waals surface area contributed by atoms with Crippen LogP contribution < -0.4 is 5.32 Å². The van der Waals surface area contributed by atoms with Gasteiger partial charge in [0, 0.05) is 34.9 Å². The van der Waals surface area contributed by atoms with E-state index in [1.165, 1.54) is 38.5 Å². The number of hydrogen-bond acceptors (Lipinski definition) is 1. The Balaban J connectivity index is 1.33. The number of furan rings is 1. The molecule has 1 heterocycles. The SMILES string of the molecule is C[C@]12CC3CC([NH2+]Cc4ccc(-c5cc(Cl)cc(Cl)c5)o4)(C1)C[C@@](C)(C3)C2. The molecule has 0 aliphatic heterocycles. The molecule has 0 saturated heterocycles. The maximum Gasteiger partial charge on any atom is 0.158 e. The van der Waals surface area contributed by atoms with Crippen LogP contribution in [0.1, 0.15) is 58.1 Å². The molecule has 144 valence electrons. The van der Waals surface area contributed by atoms with Gasteiger partial charge in [-0.1, -0.05) is 37.0 Å². The second-order valence-corrected chi connectivity index (χ2v) is 11.2. The van der Waals surface area contributed by atoms with Crippen molar-refractivity contribution >= 4 is 23.2 Å². The number of benzene rings is 1. The minimum Gasteiger partial charge on any atom is -0.455 e. The molecule has 2 aromatic rings. The fraction of sp³-hybridized carbons (Fsp3) is 0.565. The van der Waals surface area contributed by atoms with E-state index in [9.17, 15) is 0 Å². The predicted octanol–water partition coefficient (Wildman–Crippen LogP) is 6.07. The lowest BCUT2D eigenvalue weighted by atomic mass is 9.43. The van der Waals surface area contributed by atoms with Crippen LogP contribution in [0.4, 0.5) is 0 Å². The van der Waals surface area contributed by atoms with Crippen molar-refractivity contribution in [2.24, 2.45) is 16.7 Å². The van der Waals surface area contributed by atoms with Crippen molar-refractivity contribution in [1.82, 2.24) is 0 Å². The zero-order valence-corrected chi connectivity index (χ0v) is 17.7. The maximum absolute atomic E-state index is 6.14. The van der Waals surface area contributed by atoms with Crippen LogP contribution in [-0.4, -0.2) is 5.54 Å². The summed E-state index contributed by atoms with van der Waals surface area (Å²) < 4.78 is 6.14. The molecular formula is C23H28Cl2NO+. The molecule has 2 N–H and O–H groups in total. The molecule has 6 rings (SSSR count). The Labute approximate surface area is 171 Å². The lowest BCUT2D eigenvalue weighted by molar-refractivity contribution is -0.757. The van der Waals surface area contributed by atoms with Crippen molar-refractivity contribution in [2.75, 3.05) is 0 Å². The van der Waals surface area contributed by atoms with Crippen LogP contribution in [0.15, 0.2) is 34.7 Å². The lowest BCUT2D eigenvalue weighted by Crippen LogP contribution is -2.98. The Morgan fingerprint density at radius 1 is 0.963 bits per heavy atom. The molecule has 4 heteroatoms. The van der Waals surface area contributed by atoms with Gasteiger partial charge in [-0.3, -0.25) is 0 Å². The highest BCUT2D eigenvalue weighted by molar-refractivity contribution is 6.35. The minimum atomic E-state index is 0.412. The van der Waals surface area contributed by atoms with Crippen molar-refractivity contribution < 1.29 is 9.73 Å². The maximum atomic E-state index is 6.14. The Morgan fingerprint density at radius 2 is 1.63 bits per heavy atom. The molecule has 4 atom stereocenters. The van der Waals surface area contributed by atoms with E-state index in [1.807, 2.05) is 18.2 Å². The van der Waals surface area contributed by atoms with E-state index < -0.39 is 0 Å². The van der Waals surface area contributed by atoms with Gasteiger partial charge in [-0.25, -0.2) is 0 Å². The smallest absolute Gasteiger partial charge is 0.158 e. The Hall–Kier alpha value is -0.960. The zero-order chi connectivity index (χ0) is 18.9. The standard InChI is InChI=1S/C23H27Cl2NO/c1-21-8-15-9-22(2,12-21)14-23(10-15,13-21)26-11-19-3-4-20(27-19)16-5-17(24)7-18(25)6-16/h3-7,15,26H,8-14H2,1-2H3/p+1/t15?,21-,22+,23?. The quantitative estimate of drug-likeness (QED) is 0.658. The summed E-state index contributed by atoms with van der Waals surface area (Å²) in [6.07, 6.45) is 8.42. The van der Waals surface area contributed by atoms with Gasteiger partial charge in [-0.2, -0.15) is 0 Å². The normalized spacial score (nSPS) is 37.1. The third-order valence-corrected chi connectivity index (χ3v) is 7.65. The van der Waals surface area contributed by atoms with Gasteiger partial charge in [0.15, 0.2) is 5.76 Å². The molecule has 4 aliphatic carbocycles. The highest BCUT2D eigenvalue weighted by Crippen LogP contribution is 2.65. The van der Waals surface area contributed by atoms with E-state index in [4.69, 9.17) is 27.6 Å². The zero-order valence-electron chi connectivity index (χ0n) is 16.2. The van der Waals surface area contributed by atoms with Crippen LogP contribution in [0.2, 0.25) is 10.0 Å². The summed E-state index contributed by atoms with van der Waals surface area (Å²) in [6, 6.07) is 9.69. The minimum absolute atomic E-state index is 0.412. The third kappa shape index (κ3) is 3.34. The molecular weight excluding hydrogens is 377 g/mol. The number of hydrogen-bond donors (Lipinski definition) is 1. The molecule has 4 fully saturated rings. The molecule has 1 aromatic carbocycles. The number of rotatable bonds is 4. The Morgan fingerprint density at radius 3 is 2.26 bits per heavy atom. The van der Waals surface area contributed by atoms with Gasteiger partial charge in [-0.05, 0) is 66.3 Å². The number of quaternary nitrogens is 1. The summed E-state index contributed by atoms with van der Waals surface area (Å²) in [5, 5.41) is 3.87. The fourth-order valence-electron chi connectivity index (χ4n) is 7.42. The average Bonchev–Trinajstić information content (AvgIpc) is 2.97. The van der Waals surface area contributed by atoms with Gasteiger partial charge < -0.3 is 9.73 Å². The van der Waals surface area contributed by atoms with Crippen LogP contribution in [0.5, 0.6) is 0 Å². The van der Waals surface area contributed by atoms with Crippen molar-refractivity contribution in [3.8, 4) is 11.3 Å². The molecule has 4 aliphatic rings. The second-order valence-electron chi connectivity index (χ2n) is 10.3. The molecule has 2 nitrogen and oxygen atoms in total. The second kappa shape index (κ2) is 6.02. The molecule has 4 saturated carbocycles. The molecule has 0 radical (unpaired) electrons. The van der Waals surface area contributed by atoms with Crippen LogP contribution >= 0.6 is 23.2 Å². The molecule has 4 bridgehead atoms. The first-order valence-corrected chi connectivity index (χ1v) is 10.9. The first kappa shape index (κ1) is 18.1. The average molecular weight is 405 g/mol. The number of halogens is 2. The highest BCUT2D eigenvalue weighted by Gasteiger charge is 2.62. The van der Waals surface area contributed by atoms with Gasteiger partial charge in [-0.15, -0.1) is 0 Å². The summed E-state index contributed by atoms with van der Waals surface area (Å²) in [5.74, 6) is 2.80. The van der Waals surface area contributed by atoms with Crippen molar-refractivity contribution in [1.29, 1.82) is 0 Å². The first-order valence-electron chi connectivity index (χ1n) is 10.1. The first-order chi connectivity index (χ1) is 12.7. The van der Waals surface area contributed by atoms with Crippen molar-refractivity contribution in [2.45, 2.75) is 64.5 Å². The van der Waals surface area contributed by atoms with E-state index in [0.717, 1.165) is 29.5 Å². The van der Waals surface area contributed by atoms with E-state index in [-0.39, 0.29) is 0 Å². The van der Waals surface area contributed by atoms with E-state index in [0.29, 0.717) is 26.4 Å². The largest absolute Gasteiger partial charge is 0.455 e. The van der Waals surface area contributed by atoms with Crippen LogP contribution in [-0.2, 0) is 6.54 Å². The summed E-state index contributed by atoms with van der Waals surface area (Å²) >= 11 is 12.3. The highest BCUT2D eigenvalue weighted by atomic mass is 35.5. The van der Waals surface area contributed by atoms with Crippen LogP contribution in [0, 0.1) is 16.7 Å². The van der Waals surface area contributed by atoms with E-state index in [1.54, 1.807) is 6.07 Å². The van der Waals surface area contributed by atoms with E-state index in [2.05, 4.69) is 25.2 Å². The topological polar surface area (TPSA) is 29.8 Å². The van der Waals surface area contributed by atoms with Gasteiger partial charge in [0.2, 0.25) is 0 Å². The molecule has 0 spiro atoms. The lowest BCUT2D eigenvalue weighted by Gasteiger charge is -2.63. The Kier molecular flexibility index (Phi) is 4.03. The molecule has 2 unspecified atom stereocenters. The van der Waals surface area contributed by atoms with Crippen LogP contribution in [0.25, 0.3) is 11.3 Å². The van der Waals surface area contributed by atoms with Crippen LogP contribution in [0.3, 0.4) is 0 Å². The van der Waals surface area contributed by atoms with Gasteiger partial charge in [0.05, 0.1) is 5.54 Å². The summed E-state index contributed by atoms with van der Waals surface area (Å²) in [4.78, 5) is 0. The Bertz CT molecular complexity index is 850. The molecule has 0 amide bonds. The predicted molar refractivity (Wildman–Crippen MR) is 110 cm³/mol. The van der Waals surface area contributed by atoms with Gasteiger partial charge in [0.1, 0.15) is 12.3 Å². The summed E-state index contributed by atoms with van der Waals surface area (Å²) in [7, 11) is 0. The van der Waals surface area contributed by atoms with Gasteiger partial charge in [0.25, 0.3) is 0 Å². The van der Waals surface area contributed by atoms with Crippen molar-refractivity contribution in [3.63, 3.8) is 0 Å². The molecule has 1 aromatic heterocycles. The summed E-state index contributed by atoms with van der Waals surface area (Å²) in [6.45, 7) is 5.98. The molecule has 27 heavy (non-hydrogen) atoms. The monoisotopic (exact) mass is 404 g/mol. The van der Waals surface area contributed by atoms with E-state index >= 15 is 0 Å². The van der Waals surface area contributed by atoms with Crippen molar-refractivity contribution in [3.05, 3.63) is 46.1 Å². The summed E-state index contributed by atoms with van der Waals surface area (Å²) in [5.41, 5.74) is 2.45. The fourth-order valence-corrected chi connectivity index (χ4v) is 7.95. The third-order valence-electron chi connectivity index (χ3n) is 7.21.